The van der Waals surface area contributed by atoms with Gasteiger partial charge < -0.3 is 24.3 Å². The highest BCUT2D eigenvalue weighted by atomic mass is 16.5. The number of rotatable bonds is 12. The number of methoxy groups -OCH3 is 2. The molecule has 7 nitrogen and oxygen atoms in total. The average molecular weight is 299 g/mol. The molecule has 0 spiro atoms. The Labute approximate surface area is 126 Å². The normalized spacial score (nSPS) is 10.6. The summed E-state index contributed by atoms with van der Waals surface area (Å²) in [5.41, 5.74) is 0. The molecule has 1 N–H and O–H groups in total. The van der Waals surface area contributed by atoms with Gasteiger partial charge in [0.15, 0.2) is 5.82 Å². The molecule has 7 heteroatoms. The fraction of sp³-hybridized carbons (Fsp3) is 0.714. The highest BCUT2D eigenvalue weighted by Crippen LogP contribution is 2.14. The van der Waals surface area contributed by atoms with Crippen LogP contribution in [0.25, 0.3) is 0 Å². The molecule has 1 rings (SSSR count). The molecule has 0 aliphatic heterocycles. The minimum absolute atomic E-state index is 0.350. The lowest BCUT2D eigenvalue weighted by molar-refractivity contribution is 0.0793. The van der Waals surface area contributed by atoms with Gasteiger partial charge in [-0.05, 0) is 13.3 Å². The second-order valence-corrected chi connectivity index (χ2v) is 4.28. The van der Waals surface area contributed by atoms with Crippen molar-refractivity contribution in [3.63, 3.8) is 0 Å². The Balaban J connectivity index is 2.38. The van der Waals surface area contributed by atoms with Gasteiger partial charge in [-0.2, -0.15) is 4.98 Å². The number of nitrogens with one attached hydrogen (secondary N) is 1. The highest BCUT2D eigenvalue weighted by Gasteiger charge is 2.05. The summed E-state index contributed by atoms with van der Waals surface area (Å²) in [6, 6.07) is 1.77. The van der Waals surface area contributed by atoms with Crippen LogP contribution in [0.5, 0.6) is 5.88 Å². The second kappa shape index (κ2) is 11.2. The van der Waals surface area contributed by atoms with Crippen LogP contribution < -0.4 is 10.1 Å². The topological polar surface area (TPSA) is 74.7 Å². The van der Waals surface area contributed by atoms with Gasteiger partial charge in [0.1, 0.15) is 19.0 Å². The lowest BCUT2D eigenvalue weighted by Crippen LogP contribution is -2.11. The summed E-state index contributed by atoms with van der Waals surface area (Å²) in [7, 11) is 3.29. The van der Waals surface area contributed by atoms with E-state index < -0.39 is 0 Å². The standard InChI is InChI=1S/C14H25N3O4/c1-4-15-12-10-14(17-13(16-12)11-19-3)21-9-8-20-7-5-6-18-2/h10H,4-9,11H2,1-3H3,(H,15,16,17). The molecule has 1 aromatic heterocycles. The van der Waals surface area contributed by atoms with Gasteiger partial charge in [-0.1, -0.05) is 0 Å². The molecule has 21 heavy (non-hydrogen) atoms. The van der Waals surface area contributed by atoms with Crippen LogP contribution in [-0.4, -0.2) is 57.2 Å². The zero-order valence-electron chi connectivity index (χ0n) is 13.1. The number of aromatic nitrogens is 2. The smallest absolute Gasteiger partial charge is 0.218 e. The predicted molar refractivity (Wildman–Crippen MR) is 79.7 cm³/mol. The minimum atomic E-state index is 0.350. The number of ether oxygens (including phenoxy) is 4. The maximum absolute atomic E-state index is 5.58. The molecule has 0 fully saturated rings. The third-order valence-electron chi connectivity index (χ3n) is 2.50. The summed E-state index contributed by atoms with van der Waals surface area (Å²) in [6.07, 6.45) is 0.882. The van der Waals surface area contributed by atoms with Crippen molar-refractivity contribution in [2.45, 2.75) is 20.0 Å². The van der Waals surface area contributed by atoms with E-state index in [2.05, 4.69) is 15.3 Å². The van der Waals surface area contributed by atoms with E-state index in [0.717, 1.165) is 18.8 Å². The Hall–Kier alpha value is -1.44. The summed E-state index contributed by atoms with van der Waals surface area (Å²) < 4.78 is 21.0. The predicted octanol–water partition coefficient (Wildman–Crippen LogP) is 1.49. The Kier molecular flexibility index (Phi) is 9.43. The molecule has 0 aromatic carbocycles. The van der Waals surface area contributed by atoms with E-state index in [4.69, 9.17) is 18.9 Å². The number of nitrogens with zero attached hydrogens (tertiary/aromatic N) is 2. The quantitative estimate of drug-likeness (QED) is 0.586. The summed E-state index contributed by atoms with van der Waals surface area (Å²) in [4.78, 5) is 8.60. The SMILES string of the molecule is CCNc1cc(OCCOCCCOC)nc(COC)n1. The fourth-order valence-electron chi connectivity index (χ4n) is 1.62. The van der Waals surface area contributed by atoms with E-state index in [1.54, 1.807) is 20.3 Å². The van der Waals surface area contributed by atoms with Gasteiger partial charge in [-0.3, -0.25) is 0 Å². The molecule has 120 valence electrons. The van der Waals surface area contributed by atoms with E-state index in [9.17, 15) is 0 Å². The minimum Gasteiger partial charge on any atom is -0.475 e. The molecule has 0 unspecified atom stereocenters. The molecule has 0 amide bonds. The van der Waals surface area contributed by atoms with Crippen LogP contribution in [0.2, 0.25) is 0 Å². The molecule has 0 aliphatic carbocycles. The number of hydrogen-bond acceptors (Lipinski definition) is 7. The van der Waals surface area contributed by atoms with Gasteiger partial charge in [0.2, 0.25) is 5.88 Å². The largest absolute Gasteiger partial charge is 0.475 e. The third kappa shape index (κ3) is 7.79. The van der Waals surface area contributed by atoms with Gasteiger partial charge in [-0.25, -0.2) is 4.98 Å². The second-order valence-electron chi connectivity index (χ2n) is 4.28. The maximum Gasteiger partial charge on any atom is 0.218 e. The first-order chi connectivity index (χ1) is 10.3. The van der Waals surface area contributed by atoms with Crippen molar-refractivity contribution in [3.05, 3.63) is 11.9 Å². The van der Waals surface area contributed by atoms with Crippen molar-refractivity contribution in [3.8, 4) is 5.88 Å². The van der Waals surface area contributed by atoms with Crippen LogP contribution in [-0.2, 0) is 20.8 Å². The molecule has 0 saturated heterocycles. The van der Waals surface area contributed by atoms with Crippen molar-refractivity contribution >= 4 is 5.82 Å². The first kappa shape index (κ1) is 17.6. The van der Waals surface area contributed by atoms with Crippen LogP contribution in [0.3, 0.4) is 0 Å². The Morgan fingerprint density at radius 3 is 2.62 bits per heavy atom. The van der Waals surface area contributed by atoms with Crippen molar-refractivity contribution < 1.29 is 18.9 Å². The average Bonchev–Trinajstić information content (AvgIpc) is 2.47. The van der Waals surface area contributed by atoms with E-state index in [1.165, 1.54) is 0 Å². The van der Waals surface area contributed by atoms with Gasteiger partial charge in [-0.15, -0.1) is 0 Å². The van der Waals surface area contributed by atoms with E-state index in [1.807, 2.05) is 6.92 Å². The molecular weight excluding hydrogens is 274 g/mol. The number of anilines is 1. The molecule has 0 bridgehead atoms. The molecule has 1 heterocycles. The van der Waals surface area contributed by atoms with Crippen molar-refractivity contribution in [2.24, 2.45) is 0 Å². The molecule has 0 radical (unpaired) electrons. The zero-order chi connectivity index (χ0) is 15.3. The Morgan fingerprint density at radius 1 is 1.05 bits per heavy atom. The first-order valence-corrected chi connectivity index (χ1v) is 7.10. The van der Waals surface area contributed by atoms with Crippen LogP contribution in [0, 0.1) is 0 Å². The zero-order valence-corrected chi connectivity index (χ0v) is 13.1. The van der Waals surface area contributed by atoms with E-state index >= 15 is 0 Å². The van der Waals surface area contributed by atoms with Crippen molar-refractivity contribution in [1.82, 2.24) is 9.97 Å². The number of hydrogen-bond donors (Lipinski definition) is 1. The summed E-state index contributed by atoms with van der Waals surface area (Å²) in [5, 5.41) is 3.14. The Morgan fingerprint density at radius 2 is 1.90 bits per heavy atom. The van der Waals surface area contributed by atoms with Crippen molar-refractivity contribution in [1.29, 1.82) is 0 Å². The molecule has 1 aromatic rings. The third-order valence-corrected chi connectivity index (χ3v) is 2.50. The van der Waals surface area contributed by atoms with Crippen LogP contribution in [0.1, 0.15) is 19.2 Å². The van der Waals surface area contributed by atoms with Gasteiger partial charge in [0.05, 0.1) is 6.61 Å². The monoisotopic (exact) mass is 299 g/mol. The van der Waals surface area contributed by atoms with Gasteiger partial charge >= 0.3 is 0 Å². The van der Waals surface area contributed by atoms with Crippen molar-refractivity contribution in [2.75, 3.05) is 52.5 Å². The fourth-order valence-corrected chi connectivity index (χ4v) is 1.62. The van der Waals surface area contributed by atoms with Crippen LogP contribution in [0.4, 0.5) is 5.82 Å². The molecule has 0 aliphatic rings. The molecule has 0 atom stereocenters. The summed E-state index contributed by atoms with van der Waals surface area (Å²) >= 11 is 0. The molecule has 0 saturated carbocycles. The highest BCUT2D eigenvalue weighted by molar-refractivity contribution is 5.38. The lowest BCUT2D eigenvalue weighted by atomic mass is 10.5. The lowest BCUT2D eigenvalue weighted by Gasteiger charge is -2.10. The van der Waals surface area contributed by atoms with E-state index in [-0.39, 0.29) is 0 Å². The van der Waals surface area contributed by atoms with Crippen LogP contribution in [0.15, 0.2) is 6.07 Å². The first-order valence-electron chi connectivity index (χ1n) is 7.10. The van der Waals surface area contributed by atoms with Crippen LogP contribution >= 0.6 is 0 Å². The maximum atomic E-state index is 5.58. The summed E-state index contributed by atoms with van der Waals surface area (Å²) in [6.45, 7) is 5.48. The van der Waals surface area contributed by atoms with Gasteiger partial charge in [0.25, 0.3) is 0 Å². The molecular formula is C14H25N3O4. The summed E-state index contributed by atoms with van der Waals surface area (Å²) in [5.74, 6) is 1.84. The van der Waals surface area contributed by atoms with E-state index in [0.29, 0.717) is 44.7 Å². The van der Waals surface area contributed by atoms with Gasteiger partial charge in [0, 0.05) is 40.0 Å². The Bertz CT molecular complexity index is 366.